The van der Waals surface area contributed by atoms with Crippen molar-refractivity contribution in [3.8, 4) is 11.3 Å². The number of likely N-dealkylation sites (tertiary alicyclic amines) is 1. The van der Waals surface area contributed by atoms with E-state index in [-0.39, 0.29) is 29.1 Å². The van der Waals surface area contributed by atoms with Crippen LogP contribution in [0.2, 0.25) is 5.02 Å². The molecule has 0 spiro atoms. The normalized spacial score (nSPS) is 16.0. The van der Waals surface area contributed by atoms with E-state index in [1.54, 1.807) is 47.4 Å². The Labute approximate surface area is 230 Å². The van der Waals surface area contributed by atoms with Crippen LogP contribution in [0.3, 0.4) is 0 Å². The van der Waals surface area contributed by atoms with Gasteiger partial charge in [-0.25, -0.2) is 4.68 Å². The van der Waals surface area contributed by atoms with Gasteiger partial charge in [-0.3, -0.25) is 4.79 Å². The second kappa shape index (κ2) is 10.6. The van der Waals surface area contributed by atoms with Gasteiger partial charge in [0.15, 0.2) is 5.69 Å². The lowest BCUT2D eigenvalue weighted by Gasteiger charge is -2.25. The molecule has 1 fully saturated rings. The Bertz CT molecular complexity index is 1500. The summed E-state index contributed by atoms with van der Waals surface area (Å²) in [5, 5.41) is 8.58. The lowest BCUT2D eigenvalue weighted by molar-refractivity contribution is -0.143. The summed E-state index contributed by atoms with van der Waals surface area (Å²) in [5.41, 5.74) is -1.79. The van der Waals surface area contributed by atoms with E-state index in [2.05, 4.69) is 10.3 Å². The number of hydrogen-bond donors (Lipinski definition) is 0. The van der Waals surface area contributed by atoms with Crippen molar-refractivity contribution in [2.75, 3.05) is 6.54 Å². The summed E-state index contributed by atoms with van der Waals surface area (Å²) in [6.45, 7) is -0.0656. The molecule has 5 nitrogen and oxygen atoms in total. The van der Waals surface area contributed by atoms with E-state index in [4.69, 9.17) is 11.6 Å². The minimum absolute atomic E-state index is 0.0619. The summed E-state index contributed by atoms with van der Waals surface area (Å²) in [5.74, 6) is -0.465. The van der Waals surface area contributed by atoms with Gasteiger partial charge in [-0.05, 0) is 48.2 Å². The van der Waals surface area contributed by atoms with Crippen LogP contribution in [0.4, 0.5) is 26.3 Å². The van der Waals surface area contributed by atoms with Gasteiger partial charge < -0.3 is 4.90 Å². The third-order valence-electron chi connectivity index (χ3n) is 6.74. The molecule has 0 radical (unpaired) electrons. The van der Waals surface area contributed by atoms with Crippen molar-refractivity contribution >= 4 is 17.5 Å². The number of amides is 1. The number of nitrogens with zero attached hydrogens (tertiary/aromatic N) is 4. The molecule has 4 aromatic rings. The van der Waals surface area contributed by atoms with Crippen molar-refractivity contribution in [3.05, 3.63) is 106 Å². The van der Waals surface area contributed by atoms with Crippen LogP contribution in [0.1, 0.15) is 51.6 Å². The molecule has 0 N–H and O–H groups in total. The molecule has 1 aliphatic rings. The van der Waals surface area contributed by atoms with Crippen LogP contribution in [0, 0.1) is 0 Å². The van der Waals surface area contributed by atoms with Crippen LogP contribution in [-0.2, 0) is 18.9 Å². The fraction of sp³-hybridized carbons (Fsp3) is 0.250. The summed E-state index contributed by atoms with van der Waals surface area (Å²) < 4.78 is 81.8. The summed E-state index contributed by atoms with van der Waals surface area (Å²) in [6.07, 6.45) is -8.62. The van der Waals surface area contributed by atoms with Gasteiger partial charge >= 0.3 is 12.4 Å². The smallest absolute Gasteiger partial charge is 0.330 e. The quantitative estimate of drug-likeness (QED) is 0.228. The average Bonchev–Trinajstić information content (AvgIpc) is 3.56. The molecule has 1 aliphatic heterocycles. The Balaban J connectivity index is 1.57. The third kappa shape index (κ3) is 5.56. The van der Waals surface area contributed by atoms with Crippen LogP contribution in [0.25, 0.3) is 11.3 Å². The highest BCUT2D eigenvalue weighted by molar-refractivity contribution is 6.31. The van der Waals surface area contributed by atoms with Crippen LogP contribution in [0.15, 0.2) is 72.8 Å². The lowest BCUT2D eigenvalue weighted by Crippen LogP contribution is -2.31. The molecule has 5 rings (SSSR count). The molecular weight excluding hydrogens is 558 g/mol. The van der Waals surface area contributed by atoms with Crippen molar-refractivity contribution in [3.63, 3.8) is 0 Å². The summed E-state index contributed by atoms with van der Waals surface area (Å²) >= 11 is 6.40. The van der Waals surface area contributed by atoms with Crippen molar-refractivity contribution in [1.82, 2.24) is 19.9 Å². The van der Waals surface area contributed by atoms with Crippen molar-refractivity contribution < 1.29 is 31.1 Å². The topological polar surface area (TPSA) is 51.0 Å². The van der Waals surface area contributed by atoms with Crippen molar-refractivity contribution in [2.45, 2.75) is 37.8 Å². The molecule has 40 heavy (non-hydrogen) atoms. The molecule has 1 unspecified atom stereocenters. The molecule has 1 saturated heterocycles. The fourth-order valence-corrected chi connectivity index (χ4v) is 5.21. The zero-order valence-electron chi connectivity index (χ0n) is 20.7. The molecule has 0 bridgehead atoms. The average molecular weight is 579 g/mol. The fourth-order valence-electron chi connectivity index (χ4n) is 4.95. The largest absolute Gasteiger partial charge is 0.416 e. The van der Waals surface area contributed by atoms with Crippen LogP contribution in [0.5, 0.6) is 0 Å². The van der Waals surface area contributed by atoms with E-state index >= 15 is 0 Å². The van der Waals surface area contributed by atoms with Crippen molar-refractivity contribution in [2.24, 2.45) is 0 Å². The molecule has 12 heteroatoms. The number of halogens is 7. The first-order chi connectivity index (χ1) is 18.9. The molecule has 1 atom stereocenters. The highest BCUT2D eigenvalue weighted by atomic mass is 35.5. The van der Waals surface area contributed by atoms with Gasteiger partial charge in [0.05, 0.1) is 23.7 Å². The number of carbonyl (C=O) groups is 1. The van der Waals surface area contributed by atoms with Crippen LogP contribution >= 0.6 is 11.6 Å². The number of alkyl halides is 6. The van der Waals surface area contributed by atoms with E-state index in [0.717, 1.165) is 10.2 Å². The number of rotatable bonds is 5. The molecule has 0 aliphatic carbocycles. The van der Waals surface area contributed by atoms with Crippen LogP contribution < -0.4 is 0 Å². The maximum atomic E-state index is 13.8. The van der Waals surface area contributed by atoms with Gasteiger partial charge in [-0.2, -0.15) is 26.3 Å². The molecule has 3 aromatic carbocycles. The first kappa shape index (κ1) is 27.7. The first-order valence-electron chi connectivity index (χ1n) is 12.3. The number of benzene rings is 3. The molecule has 1 aromatic heterocycles. The van der Waals surface area contributed by atoms with Gasteiger partial charge in [-0.1, -0.05) is 65.3 Å². The van der Waals surface area contributed by atoms with Crippen LogP contribution in [-0.4, -0.2) is 32.3 Å². The third-order valence-corrected chi connectivity index (χ3v) is 7.09. The second-order valence-electron chi connectivity index (χ2n) is 9.40. The zero-order valence-corrected chi connectivity index (χ0v) is 21.4. The molecule has 208 valence electrons. The Morgan fingerprint density at radius 1 is 0.900 bits per heavy atom. The number of carbonyl (C=O) groups excluding carboxylic acids is 1. The minimum Gasteiger partial charge on any atom is -0.330 e. The Hall–Kier alpha value is -3.86. The highest BCUT2D eigenvalue weighted by Crippen LogP contribution is 2.39. The highest BCUT2D eigenvalue weighted by Gasteiger charge is 2.38. The lowest BCUT2D eigenvalue weighted by atomic mass is 10.0. The Kier molecular flexibility index (Phi) is 7.34. The van der Waals surface area contributed by atoms with E-state index < -0.39 is 35.9 Å². The summed E-state index contributed by atoms with van der Waals surface area (Å²) in [7, 11) is 0. The predicted molar refractivity (Wildman–Crippen MR) is 135 cm³/mol. The molecule has 1 amide bonds. The van der Waals surface area contributed by atoms with Gasteiger partial charge in [0.1, 0.15) is 5.69 Å². The molecule has 2 heterocycles. The van der Waals surface area contributed by atoms with E-state index in [1.165, 1.54) is 0 Å². The van der Waals surface area contributed by atoms with E-state index in [1.807, 2.05) is 12.1 Å². The SMILES string of the molecule is O=C(c1nnn(Cc2cc(C(F)(F)F)cc(C(F)(F)F)c2)c1-c1ccccc1)N1CCCC1c1ccccc1Cl. The Morgan fingerprint density at radius 2 is 1.52 bits per heavy atom. The van der Waals surface area contributed by atoms with Gasteiger partial charge in [0.2, 0.25) is 0 Å². The summed E-state index contributed by atoms with van der Waals surface area (Å²) in [6, 6.07) is 16.6. The first-order valence-corrected chi connectivity index (χ1v) is 12.6. The van der Waals surface area contributed by atoms with Gasteiger partial charge in [0, 0.05) is 17.1 Å². The number of hydrogen-bond acceptors (Lipinski definition) is 3. The van der Waals surface area contributed by atoms with E-state index in [0.29, 0.717) is 42.1 Å². The molecular formula is C28H21ClF6N4O. The minimum atomic E-state index is -4.99. The van der Waals surface area contributed by atoms with Crippen molar-refractivity contribution in [1.29, 1.82) is 0 Å². The standard InChI is InChI=1S/C28H21ClF6N4O/c29-22-10-5-4-9-21(22)23-11-6-12-38(23)26(40)24-25(18-7-2-1-3-8-18)39(37-36-24)16-17-13-19(27(30,31)32)15-20(14-17)28(33,34)35/h1-5,7-10,13-15,23H,6,11-12,16H2. The summed E-state index contributed by atoms with van der Waals surface area (Å²) in [4.78, 5) is 15.5. The maximum Gasteiger partial charge on any atom is 0.416 e. The molecule has 0 saturated carbocycles. The maximum absolute atomic E-state index is 13.8. The second-order valence-corrected chi connectivity index (χ2v) is 9.81. The Morgan fingerprint density at radius 3 is 2.15 bits per heavy atom. The monoisotopic (exact) mass is 578 g/mol. The van der Waals surface area contributed by atoms with E-state index in [9.17, 15) is 31.1 Å². The van der Waals surface area contributed by atoms with Gasteiger partial charge in [-0.15, -0.1) is 5.10 Å². The van der Waals surface area contributed by atoms with Gasteiger partial charge in [0.25, 0.3) is 5.91 Å². The predicted octanol–water partition coefficient (Wildman–Crippen LogP) is 7.66. The number of aromatic nitrogens is 3. The zero-order chi connectivity index (χ0) is 28.7.